The molecule has 0 aliphatic carbocycles. The first-order valence-electron chi connectivity index (χ1n) is 4.48. The van der Waals surface area contributed by atoms with Gasteiger partial charge in [0, 0.05) is 16.6 Å². The molecule has 4 heteroatoms. The zero-order valence-electron chi connectivity index (χ0n) is 7.59. The minimum Gasteiger partial charge on any atom is -0.375 e. The lowest BCUT2D eigenvalue weighted by Gasteiger charge is -2.07. The molecule has 2 rings (SSSR count). The first-order valence-corrected chi connectivity index (χ1v) is 5.28. The van der Waals surface area contributed by atoms with Crippen LogP contribution in [0.15, 0.2) is 22.7 Å². The quantitative estimate of drug-likeness (QED) is 0.837. The summed E-state index contributed by atoms with van der Waals surface area (Å²) in [5.41, 5.74) is 7.53. The average molecular weight is 255 g/mol. The molecular formula is C10H11BrN2O. The summed E-state index contributed by atoms with van der Waals surface area (Å²) in [7, 11) is 0. The highest BCUT2D eigenvalue weighted by Gasteiger charge is 2.25. The largest absolute Gasteiger partial charge is 0.375 e. The van der Waals surface area contributed by atoms with Crippen molar-refractivity contribution in [2.45, 2.75) is 12.5 Å². The Hall–Kier alpha value is -0.870. The van der Waals surface area contributed by atoms with E-state index in [1.54, 1.807) is 0 Å². The third-order valence-electron chi connectivity index (χ3n) is 2.41. The van der Waals surface area contributed by atoms with Crippen molar-refractivity contribution in [2.24, 2.45) is 5.73 Å². The number of anilines is 1. The van der Waals surface area contributed by atoms with E-state index in [0.29, 0.717) is 0 Å². The zero-order chi connectivity index (χ0) is 10.1. The van der Waals surface area contributed by atoms with E-state index in [2.05, 4.69) is 21.2 Å². The van der Waals surface area contributed by atoms with Gasteiger partial charge in [-0.15, -0.1) is 0 Å². The minimum absolute atomic E-state index is 0.0670. The van der Waals surface area contributed by atoms with Crippen LogP contribution >= 0.6 is 15.9 Å². The van der Waals surface area contributed by atoms with Gasteiger partial charge in [-0.2, -0.15) is 0 Å². The molecule has 1 aromatic rings. The number of hydrogen-bond acceptors (Lipinski definition) is 3. The fourth-order valence-corrected chi connectivity index (χ4v) is 2.08. The molecule has 0 aromatic heterocycles. The number of fused-ring (bicyclic) bond motifs is 1. The standard InChI is InChI=1S/C10H11BrN2O/c11-7-1-2-8-6(3-7)4-9(13-8)10(14)5-12/h1-3,9,13H,4-5,12H2. The molecule has 1 aliphatic heterocycles. The summed E-state index contributed by atoms with van der Waals surface area (Å²) in [5.74, 6) is 0.0670. The van der Waals surface area contributed by atoms with Crippen molar-refractivity contribution >= 4 is 27.4 Å². The summed E-state index contributed by atoms with van der Waals surface area (Å²) in [6.07, 6.45) is 0.741. The molecule has 0 radical (unpaired) electrons. The van der Waals surface area contributed by atoms with Gasteiger partial charge in [-0.25, -0.2) is 0 Å². The molecule has 1 atom stereocenters. The summed E-state index contributed by atoms with van der Waals surface area (Å²) in [4.78, 5) is 11.4. The van der Waals surface area contributed by atoms with E-state index in [4.69, 9.17) is 5.73 Å². The van der Waals surface area contributed by atoms with Crippen molar-refractivity contribution in [3.05, 3.63) is 28.2 Å². The van der Waals surface area contributed by atoms with E-state index >= 15 is 0 Å². The van der Waals surface area contributed by atoms with Crippen molar-refractivity contribution in [1.29, 1.82) is 0 Å². The third-order valence-corrected chi connectivity index (χ3v) is 2.90. The lowest BCUT2D eigenvalue weighted by Crippen LogP contribution is -2.32. The summed E-state index contributed by atoms with van der Waals surface area (Å²) < 4.78 is 1.04. The van der Waals surface area contributed by atoms with Gasteiger partial charge in [-0.3, -0.25) is 4.79 Å². The summed E-state index contributed by atoms with van der Waals surface area (Å²) in [6, 6.07) is 5.83. The maximum absolute atomic E-state index is 11.4. The number of Topliss-reactive ketones (excluding diaryl/α,β-unsaturated/α-hetero) is 1. The number of halogens is 1. The third kappa shape index (κ3) is 1.67. The molecule has 1 unspecified atom stereocenters. The van der Waals surface area contributed by atoms with Gasteiger partial charge in [-0.05, 0) is 23.8 Å². The Labute approximate surface area is 90.8 Å². The van der Waals surface area contributed by atoms with Crippen LogP contribution in [0, 0.1) is 0 Å². The Morgan fingerprint density at radius 2 is 2.43 bits per heavy atom. The van der Waals surface area contributed by atoms with Crippen LogP contribution in [0.2, 0.25) is 0 Å². The Balaban J connectivity index is 2.22. The van der Waals surface area contributed by atoms with Crippen LogP contribution in [0.4, 0.5) is 5.69 Å². The first-order chi connectivity index (χ1) is 6.70. The minimum atomic E-state index is -0.135. The number of rotatable bonds is 2. The average Bonchev–Trinajstić information content (AvgIpc) is 2.59. The second-order valence-electron chi connectivity index (χ2n) is 3.37. The van der Waals surface area contributed by atoms with E-state index in [1.165, 1.54) is 5.56 Å². The maximum Gasteiger partial charge on any atom is 0.168 e. The predicted molar refractivity (Wildman–Crippen MR) is 59.3 cm³/mol. The topological polar surface area (TPSA) is 55.1 Å². The van der Waals surface area contributed by atoms with Gasteiger partial charge < -0.3 is 11.1 Å². The molecule has 0 spiro atoms. The molecule has 1 heterocycles. The molecule has 0 amide bonds. The van der Waals surface area contributed by atoms with E-state index < -0.39 is 0 Å². The van der Waals surface area contributed by atoms with Gasteiger partial charge in [0.25, 0.3) is 0 Å². The van der Waals surface area contributed by atoms with Gasteiger partial charge in [0.2, 0.25) is 0 Å². The van der Waals surface area contributed by atoms with Crippen LogP contribution in [0.25, 0.3) is 0 Å². The number of carbonyl (C=O) groups excluding carboxylic acids is 1. The van der Waals surface area contributed by atoms with Crippen LogP contribution in [-0.2, 0) is 11.2 Å². The molecule has 3 nitrogen and oxygen atoms in total. The zero-order valence-corrected chi connectivity index (χ0v) is 9.17. The Morgan fingerprint density at radius 3 is 3.14 bits per heavy atom. The van der Waals surface area contributed by atoms with E-state index in [0.717, 1.165) is 16.6 Å². The summed E-state index contributed by atoms with van der Waals surface area (Å²) in [6.45, 7) is 0.104. The molecule has 0 bridgehead atoms. The van der Waals surface area contributed by atoms with Gasteiger partial charge in [0.1, 0.15) is 0 Å². The molecule has 1 aromatic carbocycles. The Morgan fingerprint density at radius 1 is 1.64 bits per heavy atom. The molecule has 3 N–H and O–H groups in total. The molecule has 14 heavy (non-hydrogen) atoms. The SMILES string of the molecule is NCC(=O)C1Cc2cc(Br)ccc2N1. The van der Waals surface area contributed by atoms with Crippen molar-refractivity contribution in [2.75, 3.05) is 11.9 Å². The number of benzene rings is 1. The highest BCUT2D eigenvalue weighted by Crippen LogP contribution is 2.28. The van der Waals surface area contributed by atoms with Crippen LogP contribution in [-0.4, -0.2) is 18.4 Å². The molecule has 74 valence electrons. The van der Waals surface area contributed by atoms with E-state index in [9.17, 15) is 4.79 Å². The highest BCUT2D eigenvalue weighted by atomic mass is 79.9. The van der Waals surface area contributed by atoms with Crippen LogP contribution in [0.1, 0.15) is 5.56 Å². The number of nitrogens with one attached hydrogen (secondary N) is 1. The molecule has 1 aliphatic rings. The number of ketones is 1. The molecule has 0 saturated carbocycles. The van der Waals surface area contributed by atoms with Crippen molar-refractivity contribution in [1.82, 2.24) is 0 Å². The summed E-state index contributed by atoms with van der Waals surface area (Å²) in [5, 5.41) is 3.16. The fraction of sp³-hybridized carbons (Fsp3) is 0.300. The molecule has 0 saturated heterocycles. The van der Waals surface area contributed by atoms with Gasteiger partial charge in [0.05, 0.1) is 12.6 Å². The van der Waals surface area contributed by atoms with E-state index in [-0.39, 0.29) is 18.4 Å². The van der Waals surface area contributed by atoms with Crippen LogP contribution in [0.5, 0.6) is 0 Å². The fourth-order valence-electron chi connectivity index (χ4n) is 1.67. The summed E-state index contributed by atoms with van der Waals surface area (Å²) >= 11 is 3.40. The van der Waals surface area contributed by atoms with Gasteiger partial charge in [0.15, 0.2) is 5.78 Å². The second kappa shape index (κ2) is 3.71. The lowest BCUT2D eigenvalue weighted by molar-refractivity contribution is -0.118. The predicted octanol–water partition coefficient (Wildman–Crippen LogP) is 1.31. The molecule has 0 fully saturated rings. The van der Waals surface area contributed by atoms with Crippen LogP contribution in [0.3, 0.4) is 0 Å². The van der Waals surface area contributed by atoms with Gasteiger partial charge >= 0.3 is 0 Å². The Bertz CT molecular complexity index is 378. The van der Waals surface area contributed by atoms with Crippen molar-refractivity contribution < 1.29 is 4.79 Å². The monoisotopic (exact) mass is 254 g/mol. The maximum atomic E-state index is 11.4. The van der Waals surface area contributed by atoms with Crippen molar-refractivity contribution in [3.8, 4) is 0 Å². The normalized spacial score (nSPS) is 18.9. The number of carbonyl (C=O) groups is 1. The van der Waals surface area contributed by atoms with Gasteiger partial charge in [-0.1, -0.05) is 15.9 Å². The Kier molecular flexibility index (Phi) is 2.56. The first kappa shape index (κ1) is 9.68. The lowest BCUT2D eigenvalue weighted by atomic mass is 10.1. The number of nitrogens with two attached hydrogens (primary N) is 1. The highest BCUT2D eigenvalue weighted by molar-refractivity contribution is 9.10. The molecular weight excluding hydrogens is 244 g/mol. The smallest absolute Gasteiger partial charge is 0.168 e. The number of hydrogen-bond donors (Lipinski definition) is 2. The van der Waals surface area contributed by atoms with Crippen LogP contribution < -0.4 is 11.1 Å². The second-order valence-corrected chi connectivity index (χ2v) is 4.29. The van der Waals surface area contributed by atoms with Crippen molar-refractivity contribution in [3.63, 3.8) is 0 Å². The van der Waals surface area contributed by atoms with E-state index in [1.807, 2.05) is 18.2 Å².